The van der Waals surface area contributed by atoms with E-state index in [9.17, 15) is 14.4 Å². The minimum atomic E-state index is -0.731. The molecule has 1 fully saturated rings. The Labute approximate surface area is 151 Å². The molecule has 3 rings (SSSR count). The van der Waals surface area contributed by atoms with Crippen molar-refractivity contribution < 1.29 is 14.3 Å². The molecule has 0 bridgehead atoms. The van der Waals surface area contributed by atoms with Crippen LogP contribution in [0.1, 0.15) is 55.4 Å². The van der Waals surface area contributed by atoms with Gasteiger partial charge < -0.3 is 10.1 Å². The predicted octanol–water partition coefficient (Wildman–Crippen LogP) is 2.31. The zero-order valence-corrected chi connectivity index (χ0v) is 14.6. The van der Waals surface area contributed by atoms with Crippen molar-refractivity contribution in [1.29, 1.82) is 0 Å². The first kappa shape index (κ1) is 18.1. The number of aromatic amines is 1. The van der Waals surface area contributed by atoms with E-state index < -0.39 is 5.97 Å². The van der Waals surface area contributed by atoms with Crippen molar-refractivity contribution >= 4 is 22.6 Å². The molecular formula is C19H23N3O4. The molecule has 1 aromatic carbocycles. The number of H-pyrrole nitrogens is 1. The van der Waals surface area contributed by atoms with E-state index in [0.29, 0.717) is 10.8 Å². The highest BCUT2D eigenvalue weighted by molar-refractivity contribution is 6.02. The zero-order chi connectivity index (χ0) is 18.4. The Bertz CT molecular complexity index is 838. The number of hydrogen-bond donors (Lipinski definition) is 2. The van der Waals surface area contributed by atoms with Gasteiger partial charge >= 0.3 is 5.97 Å². The van der Waals surface area contributed by atoms with Gasteiger partial charge in [0.25, 0.3) is 11.5 Å². The van der Waals surface area contributed by atoms with Crippen LogP contribution >= 0.6 is 0 Å². The van der Waals surface area contributed by atoms with Gasteiger partial charge in [0.15, 0.2) is 12.3 Å². The second kappa shape index (κ2) is 8.60. The molecule has 1 amide bonds. The number of nitrogens with zero attached hydrogens (tertiary/aromatic N) is 1. The molecule has 2 N–H and O–H groups in total. The number of fused-ring (bicyclic) bond motifs is 1. The Morgan fingerprint density at radius 3 is 2.46 bits per heavy atom. The third kappa shape index (κ3) is 4.47. The molecule has 0 unspecified atom stereocenters. The zero-order valence-electron chi connectivity index (χ0n) is 14.6. The van der Waals surface area contributed by atoms with Crippen LogP contribution < -0.4 is 10.9 Å². The number of carbonyl (C=O) groups is 2. The van der Waals surface area contributed by atoms with Gasteiger partial charge in [-0.05, 0) is 18.9 Å². The van der Waals surface area contributed by atoms with Crippen LogP contribution in [0.25, 0.3) is 10.8 Å². The summed E-state index contributed by atoms with van der Waals surface area (Å²) in [7, 11) is 0. The second-order valence-electron chi connectivity index (χ2n) is 6.63. The van der Waals surface area contributed by atoms with E-state index in [1.807, 2.05) is 0 Å². The largest absolute Gasteiger partial charge is 0.451 e. The molecule has 0 spiro atoms. The summed E-state index contributed by atoms with van der Waals surface area (Å²) in [4.78, 5) is 36.1. The lowest BCUT2D eigenvalue weighted by atomic mass is 9.97. The van der Waals surface area contributed by atoms with E-state index >= 15 is 0 Å². The maximum atomic E-state index is 12.3. The maximum Gasteiger partial charge on any atom is 0.359 e. The number of nitrogens with one attached hydrogen (secondary N) is 2. The Balaban J connectivity index is 1.59. The van der Waals surface area contributed by atoms with Gasteiger partial charge in [0.1, 0.15) is 0 Å². The van der Waals surface area contributed by atoms with E-state index in [0.717, 1.165) is 25.7 Å². The van der Waals surface area contributed by atoms with Crippen LogP contribution in [0.15, 0.2) is 29.1 Å². The number of ether oxygens (including phenoxy) is 1. The first-order valence-corrected chi connectivity index (χ1v) is 9.09. The van der Waals surface area contributed by atoms with Crippen molar-refractivity contribution in [3.8, 4) is 0 Å². The molecule has 0 atom stereocenters. The summed E-state index contributed by atoms with van der Waals surface area (Å²) in [5.74, 6) is -1.04. The van der Waals surface area contributed by atoms with Crippen LogP contribution in [0.4, 0.5) is 0 Å². The Kier molecular flexibility index (Phi) is 5.99. The molecule has 26 heavy (non-hydrogen) atoms. The summed E-state index contributed by atoms with van der Waals surface area (Å²) in [5, 5.41) is 9.77. The fourth-order valence-corrected chi connectivity index (χ4v) is 3.34. The summed E-state index contributed by atoms with van der Waals surface area (Å²) in [6, 6.07) is 6.79. The monoisotopic (exact) mass is 357 g/mol. The first-order chi connectivity index (χ1) is 12.6. The van der Waals surface area contributed by atoms with Crippen LogP contribution in [-0.2, 0) is 9.53 Å². The molecule has 7 nitrogen and oxygen atoms in total. The number of benzene rings is 1. The fourth-order valence-electron chi connectivity index (χ4n) is 3.34. The summed E-state index contributed by atoms with van der Waals surface area (Å²) < 4.78 is 5.10. The van der Waals surface area contributed by atoms with E-state index in [-0.39, 0.29) is 29.8 Å². The SMILES string of the molecule is O=C(COC(=O)c1n[nH]c(=O)c2ccccc12)NC1CCCCCCC1. The number of esters is 1. The van der Waals surface area contributed by atoms with Gasteiger partial charge in [-0.25, -0.2) is 9.89 Å². The number of rotatable bonds is 4. The average molecular weight is 357 g/mol. The molecule has 7 heteroatoms. The Morgan fingerprint density at radius 1 is 1.08 bits per heavy atom. The third-order valence-electron chi connectivity index (χ3n) is 4.69. The summed E-state index contributed by atoms with van der Waals surface area (Å²) in [6.07, 6.45) is 7.81. The molecule has 138 valence electrons. The molecule has 1 heterocycles. The van der Waals surface area contributed by atoms with E-state index in [1.54, 1.807) is 24.3 Å². The van der Waals surface area contributed by atoms with Crippen molar-refractivity contribution in [2.45, 2.75) is 51.0 Å². The van der Waals surface area contributed by atoms with Crippen LogP contribution in [0.3, 0.4) is 0 Å². The van der Waals surface area contributed by atoms with E-state index in [2.05, 4.69) is 15.5 Å². The molecule has 0 aliphatic heterocycles. The Morgan fingerprint density at radius 2 is 1.73 bits per heavy atom. The topological polar surface area (TPSA) is 101 Å². The highest BCUT2D eigenvalue weighted by atomic mass is 16.5. The number of aromatic nitrogens is 2. The predicted molar refractivity (Wildman–Crippen MR) is 96.9 cm³/mol. The van der Waals surface area contributed by atoms with E-state index in [1.165, 1.54) is 19.3 Å². The summed E-state index contributed by atoms with van der Waals surface area (Å²) in [5.41, 5.74) is -0.377. The number of amides is 1. The van der Waals surface area contributed by atoms with Gasteiger partial charge in [-0.2, -0.15) is 5.10 Å². The van der Waals surface area contributed by atoms with Gasteiger partial charge in [0.05, 0.1) is 5.39 Å². The van der Waals surface area contributed by atoms with Gasteiger partial charge in [-0.3, -0.25) is 9.59 Å². The van der Waals surface area contributed by atoms with Gasteiger partial charge in [0.2, 0.25) is 0 Å². The average Bonchev–Trinajstić information content (AvgIpc) is 2.62. The fraction of sp³-hybridized carbons (Fsp3) is 0.474. The van der Waals surface area contributed by atoms with Crippen molar-refractivity contribution in [3.05, 3.63) is 40.3 Å². The molecule has 2 aromatic rings. The van der Waals surface area contributed by atoms with Crippen molar-refractivity contribution in [1.82, 2.24) is 15.5 Å². The quantitative estimate of drug-likeness (QED) is 0.818. The second-order valence-corrected chi connectivity index (χ2v) is 6.63. The van der Waals surface area contributed by atoms with Gasteiger partial charge in [0, 0.05) is 11.4 Å². The van der Waals surface area contributed by atoms with Gasteiger partial charge in [-0.15, -0.1) is 0 Å². The first-order valence-electron chi connectivity index (χ1n) is 9.09. The van der Waals surface area contributed by atoms with Crippen LogP contribution in [0.2, 0.25) is 0 Å². The van der Waals surface area contributed by atoms with Crippen molar-refractivity contribution in [2.75, 3.05) is 6.61 Å². The molecule has 1 aliphatic carbocycles. The van der Waals surface area contributed by atoms with Crippen molar-refractivity contribution in [3.63, 3.8) is 0 Å². The molecule has 1 saturated carbocycles. The minimum Gasteiger partial charge on any atom is -0.451 e. The number of hydrogen-bond acceptors (Lipinski definition) is 5. The highest BCUT2D eigenvalue weighted by Crippen LogP contribution is 2.17. The normalized spacial score (nSPS) is 15.8. The van der Waals surface area contributed by atoms with Gasteiger partial charge in [-0.1, -0.05) is 50.3 Å². The molecule has 0 radical (unpaired) electrons. The Hall–Kier alpha value is -2.70. The van der Waals surface area contributed by atoms with Crippen molar-refractivity contribution in [2.24, 2.45) is 0 Å². The molecule has 1 aliphatic rings. The number of carbonyl (C=O) groups excluding carboxylic acids is 2. The molecule has 0 saturated heterocycles. The third-order valence-corrected chi connectivity index (χ3v) is 4.69. The smallest absolute Gasteiger partial charge is 0.359 e. The maximum absolute atomic E-state index is 12.3. The van der Waals surface area contributed by atoms with Crippen LogP contribution in [0, 0.1) is 0 Å². The van der Waals surface area contributed by atoms with Crippen LogP contribution in [0.5, 0.6) is 0 Å². The summed E-state index contributed by atoms with van der Waals surface area (Å²) in [6.45, 7) is -0.357. The highest BCUT2D eigenvalue weighted by Gasteiger charge is 2.18. The lowest BCUT2D eigenvalue weighted by Crippen LogP contribution is -2.38. The minimum absolute atomic E-state index is 0.000969. The molecule has 1 aromatic heterocycles. The standard InChI is InChI=1S/C19H23N3O4/c23-16(20-13-8-4-2-1-3-5-9-13)12-26-19(25)17-14-10-6-7-11-15(14)18(24)22-21-17/h6-7,10-11,13H,1-5,8-9,12H2,(H,20,23)(H,22,24). The lowest BCUT2D eigenvalue weighted by Gasteiger charge is -2.20. The molecular weight excluding hydrogens is 334 g/mol. The lowest BCUT2D eigenvalue weighted by molar-refractivity contribution is -0.125. The van der Waals surface area contributed by atoms with E-state index in [4.69, 9.17) is 4.74 Å². The van der Waals surface area contributed by atoms with Crippen LogP contribution in [-0.4, -0.2) is 34.7 Å². The summed E-state index contributed by atoms with van der Waals surface area (Å²) >= 11 is 0.